The quantitative estimate of drug-likeness (QED) is 0.613. The second-order valence-corrected chi connectivity index (χ2v) is 4.32. The lowest BCUT2D eigenvalue weighted by molar-refractivity contribution is 0.102. The van der Waals surface area contributed by atoms with Crippen LogP contribution in [-0.4, -0.2) is 10.9 Å². The van der Waals surface area contributed by atoms with Crippen molar-refractivity contribution >= 4 is 28.2 Å². The molecule has 4 nitrogen and oxygen atoms in total. The summed E-state index contributed by atoms with van der Waals surface area (Å²) >= 11 is 0. The second-order valence-electron chi connectivity index (χ2n) is 4.32. The summed E-state index contributed by atoms with van der Waals surface area (Å²) in [4.78, 5) is 15.3. The van der Waals surface area contributed by atoms with Crippen LogP contribution < -0.4 is 11.1 Å². The van der Waals surface area contributed by atoms with E-state index >= 15 is 0 Å². The molecule has 0 aliphatic rings. The zero-order valence-corrected chi connectivity index (χ0v) is 10.2. The second kappa shape index (κ2) is 4.49. The number of nitrogens with two attached hydrogens (primary N) is 1. The molecule has 0 saturated carbocycles. The van der Waals surface area contributed by atoms with Crippen LogP contribution in [0.1, 0.15) is 10.4 Å². The van der Waals surface area contributed by atoms with Crippen molar-refractivity contribution in [3.05, 3.63) is 60.3 Å². The smallest absolute Gasteiger partial charge is 0.255 e. The third-order valence-electron chi connectivity index (χ3n) is 2.99. The van der Waals surface area contributed by atoms with Crippen LogP contribution in [0.4, 0.5) is 11.4 Å². The molecule has 1 aromatic heterocycles. The molecule has 0 bridgehead atoms. The van der Waals surface area contributed by atoms with Gasteiger partial charge >= 0.3 is 0 Å². The molecule has 19 heavy (non-hydrogen) atoms. The highest BCUT2D eigenvalue weighted by molar-refractivity contribution is 6.09. The molecule has 3 rings (SSSR count). The summed E-state index contributed by atoms with van der Waals surface area (Å²) in [6, 6.07) is 14.6. The molecule has 4 heteroatoms. The largest absolute Gasteiger partial charge is 0.399 e. The van der Waals surface area contributed by atoms with Gasteiger partial charge in [-0.25, -0.2) is 0 Å². The number of hydrogen-bond acceptors (Lipinski definition) is 2. The van der Waals surface area contributed by atoms with Crippen LogP contribution >= 0.6 is 0 Å². The summed E-state index contributed by atoms with van der Waals surface area (Å²) in [5, 5.41) is 3.89. The highest BCUT2D eigenvalue weighted by atomic mass is 16.1. The molecule has 4 N–H and O–H groups in total. The van der Waals surface area contributed by atoms with Gasteiger partial charge in [0.2, 0.25) is 0 Å². The van der Waals surface area contributed by atoms with Gasteiger partial charge in [0.15, 0.2) is 0 Å². The number of aromatic amines is 1. The summed E-state index contributed by atoms with van der Waals surface area (Å²) in [5.41, 5.74) is 8.58. The molecule has 94 valence electrons. The Bertz CT molecular complexity index is 746. The summed E-state index contributed by atoms with van der Waals surface area (Å²) in [6.07, 6.45) is 1.85. The first-order chi connectivity index (χ1) is 9.24. The van der Waals surface area contributed by atoms with Gasteiger partial charge in [0.05, 0.1) is 5.69 Å². The van der Waals surface area contributed by atoms with E-state index in [-0.39, 0.29) is 5.91 Å². The highest BCUT2D eigenvalue weighted by Crippen LogP contribution is 2.22. The fraction of sp³-hybridized carbons (Fsp3) is 0. The number of benzene rings is 2. The van der Waals surface area contributed by atoms with E-state index in [0.717, 1.165) is 16.6 Å². The van der Waals surface area contributed by atoms with E-state index in [1.54, 1.807) is 24.3 Å². The first-order valence-electron chi connectivity index (χ1n) is 5.97. The van der Waals surface area contributed by atoms with Crippen LogP contribution in [0, 0.1) is 0 Å². The van der Waals surface area contributed by atoms with E-state index in [4.69, 9.17) is 5.73 Å². The van der Waals surface area contributed by atoms with Crippen molar-refractivity contribution in [3.63, 3.8) is 0 Å². The lowest BCUT2D eigenvalue weighted by Gasteiger charge is -2.07. The first kappa shape index (κ1) is 11.3. The van der Waals surface area contributed by atoms with Crippen LogP contribution in [0.15, 0.2) is 54.7 Å². The van der Waals surface area contributed by atoms with Gasteiger partial charge in [-0.05, 0) is 36.4 Å². The Morgan fingerprint density at radius 3 is 2.79 bits per heavy atom. The Balaban J connectivity index is 1.93. The molecule has 0 aliphatic carbocycles. The number of H-pyrrole nitrogens is 1. The number of nitrogen functional groups attached to an aromatic ring is 1. The van der Waals surface area contributed by atoms with Crippen LogP contribution in [0.25, 0.3) is 10.9 Å². The standard InChI is InChI=1S/C15H13N3O/c16-11-4-1-3-10(9-11)15(19)18-14-6-2-5-13-12(14)7-8-17-13/h1-9,17H,16H2,(H,18,19). The van der Waals surface area contributed by atoms with Gasteiger partial charge in [-0.1, -0.05) is 12.1 Å². The fourth-order valence-corrected chi connectivity index (χ4v) is 2.07. The summed E-state index contributed by atoms with van der Waals surface area (Å²) in [6.45, 7) is 0. The van der Waals surface area contributed by atoms with Crippen LogP contribution in [-0.2, 0) is 0 Å². The Morgan fingerprint density at radius 2 is 1.95 bits per heavy atom. The van der Waals surface area contributed by atoms with E-state index < -0.39 is 0 Å². The molecule has 0 fully saturated rings. The fourth-order valence-electron chi connectivity index (χ4n) is 2.07. The number of carbonyl (C=O) groups excluding carboxylic acids is 1. The van der Waals surface area contributed by atoms with Crippen molar-refractivity contribution in [2.45, 2.75) is 0 Å². The number of fused-ring (bicyclic) bond motifs is 1. The highest BCUT2D eigenvalue weighted by Gasteiger charge is 2.08. The van der Waals surface area contributed by atoms with Crippen molar-refractivity contribution in [1.82, 2.24) is 4.98 Å². The molecule has 0 radical (unpaired) electrons. The molecule has 1 heterocycles. The Hall–Kier alpha value is -2.75. The molecule has 0 spiro atoms. The molecule has 1 amide bonds. The number of amides is 1. The zero-order valence-electron chi connectivity index (χ0n) is 10.2. The number of hydrogen-bond donors (Lipinski definition) is 3. The number of rotatable bonds is 2. The van der Waals surface area contributed by atoms with Gasteiger partial charge in [0.25, 0.3) is 5.91 Å². The monoisotopic (exact) mass is 251 g/mol. The Morgan fingerprint density at radius 1 is 1.11 bits per heavy atom. The molecule has 2 aromatic carbocycles. The molecule has 0 saturated heterocycles. The normalized spacial score (nSPS) is 10.5. The van der Waals surface area contributed by atoms with Gasteiger partial charge in [-0.15, -0.1) is 0 Å². The maximum atomic E-state index is 12.2. The van der Waals surface area contributed by atoms with Crippen LogP contribution in [0.5, 0.6) is 0 Å². The number of aromatic nitrogens is 1. The minimum absolute atomic E-state index is 0.166. The Kier molecular flexibility index (Phi) is 2.68. The van der Waals surface area contributed by atoms with Gasteiger partial charge in [-0.2, -0.15) is 0 Å². The van der Waals surface area contributed by atoms with E-state index in [2.05, 4.69) is 10.3 Å². The van der Waals surface area contributed by atoms with Crippen molar-refractivity contribution in [1.29, 1.82) is 0 Å². The lowest BCUT2D eigenvalue weighted by atomic mass is 10.1. The third kappa shape index (κ3) is 2.15. The van der Waals surface area contributed by atoms with Gasteiger partial charge < -0.3 is 16.0 Å². The summed E-state index contributed by atoms with van der Waals surface area (Å²) < 4.78 is 0. The van der Waals surface area contributed by atoms with Gasteiger partial charge in [0, 0.05) is 28.4 Å². The first-order valence-corrected chi connectivity index (χ1v) is 5.97. The Labute approximate surface area is 110 Å². The van der Waals surface area contributed by atoms with E-state index in [1.165, 1.54) is 0 Å². The number of nitrogens with one attached hydrogen (secondary N) is 2. The van der Waals surface area contributed by atoms with Crippen molar-refractivity contribution in [2.75, 3.05) is 11.1 Å². The maximum absolute atomic E-state index is 12.2. The summed E-state index contributed by atoms with van der Waals surface area (Å²) in [7, 11) is 0. The van der Waals surface area contributed by atoms with Gasteiger partial charge in [0.1, 0.15) is 0 Å². The average molecular weight is 251 g/mol. The van der Waals surface area contributed by atoms with Crippen molar-refractivity contribution in [3.8, 4) is 0 Å². The van der Waals surface area contributed by atoms with Gasteiger partial charge in [-0.3, -0.25) is 4.79 Å². The molecule has 3 aromatic rings. The minimum atomic E-state index is -0.166. The average Bonchev–Trinajstić information content (AvgIpc) is 2.88. The van der Waals surface area contributed by atoms with Crippen LogP contribution in [0.3, 0.4) is 0 Å². The number of anilines is 2. The van der Waals surface area contributed by atoms with E-state index in [0.29, 0.717) is 11.3 Å². The predicted octanol–water partition coefficient (Wildman–Crippen LogP) is 3.00. The SMILES string of the molecule is Nc1cccc(C(=O)Nc2cccc3[nH]ccc23)c1. The molecule has 0 atom stereocenters. The van der Waals surface area contributed by atoms with Crippen molar-refractivity contribution in [2.24, 2.45) is 0 Å². The molecular formula is C15H13N3O. The van der Waals surface area contributed by atoms with Crippen molar-refractivity contribution < 1.29 is 4.79 Å². The minimum Gasteiger partial charge on any atom is -0.399 e. The van der Waals surface area contributed by atoms with E-state index in [9.17, 15) is 4.79 Å². The molecule has 0 unspecified atom stereocenters. The topological polar surface area (TPSA) is 70.9 Å². The third-order valence-corrected chi connectivity index (χ3v) is 2.99. The summed E-state index contributed by atoms with van der Waals surface area (Å²) in [5.74, 6) is -0.166. The van der Waals surface area contributed by atoms with E-state index in [1.807, 2.05) is 30.5 Å². The predicted molar refractivity (Wildman–Crippen MR) is 77.1 cm³/mol. The zero-order chi connectivity index (χ0) is 13.2. The lowest BCUT2D eigenvalue weighted by Crippen LogP contribution is -2.12. The molecule has 0 aliphatic heterocycles. The van der Waals surface area contributed by atoms with Crippen LogP contribution in [0.2, 0.25) is 0 Å². The number of carbonyl (C=O) groups is 1. The maximum Gasteiger partial charge on any atom is 0.255 e. The molecular weight excluding hydrogens is 238 g/mol.